The average molecular weight is 238 g/mol. The molecule has 1 aliphatic carbocycles. The summed E-state index contributed by atoms with van der Waals surface area (Å²) in [5.41, 5.74) is 0. The smallest absolute Gasteiger partial charge is 0.243 e. The van der Waals surface area contributed by atoms with Crippen LogP contribution in [0, 0.1) is 5.92 Å². The molecule has 0 aliphatic heterocycles. The number of carbonyl (C=O) groups excluding carboxylic acids is 1. The number of amides is 1. The number of rotatable bonds is 5. The lowest BCUT2D eigenvalue weighted by Crippen LogP contribution is -2.36. The highest BCUT2D eigenvalue weighted by Crippen LogP contribution is 2.26. The van der Waals surface area contributed by atoms with Crippen molar-refractivity contribution in [2.45, 2.75) is 45.1 Å². The Hall–Kier alpha value is -0.830. The van der Waals surface area contributed by atoms with Crippen LogP contribution in [0.1, 0.15) is 39.0 Å². The van der Waals surface area contributed by atoms with E-state index in [0.717, 1.165) is 25.3 Å². The predicted octanol–water partition coefficient (Wildman–Crippen LogP) is 2.19. The van der Waals surface area contributed by atoms with E-state index in [4.69, 9.17) is 0 Å². The SMILES string of the molecule is CCC1CCC(NC(=O)C=CCN(C)C)CC1. The highest BCUT2D eigenvalue weighted by molar-refractivity contribution is 5.87. The lowest BCUT2D eigenvalue weighted by molar-refractivity contribution is -0.117. The molecule has 1 saturated carbocycles. The Labute approximate surface area is 105 Å². The van der Waals surface area contributed by atoms with Crippen LogP contribution in [0.3, 0.4) is 0 Å². The molecular weight excluding hydrogens is 212 g/mol. The Kier molecular flexibility index (Phi) is 6.27. The molecule has 1 fully saturated rings. The molecule has 0 unspecified atom stereocenters. The lowest BCUT2D eigenvalue weighted by atomic mass is 9.84. The standard InChI is InChI=1S/C14H26N2O/c1-4-12-7-9-13(10-8-12)15-14(17)6-5-11-16(2)3/h5-6,12-13H,4,7-11H2,1-3H3,(H,15,17). The first-order chi connectivity index (χ1) is 8.11. The molecule has 1 N–H and O–H groups in total. The van der Waals surface area contributed by atoms with Gasteiger partial charge in [-0.25, -0.2) is 0 Å². The Morgan fingerprint density at radius 1 is 1.29 bits per heavy atom. The van der Waals surface area contributed by atoms with Gasteiger partial charge in [0.2, 0.25) is 5.91 Å². The van der Waals surface area contributed by atoms with E-state index in [-0.39, 0.29) is 5.91 Å². The van der Waals surface area contributed by atoms with Gasteiger partial charge >= 0.3 is 0 Å². The molecule has 17 heavy (non-hydrogen) atoms. The van der Waals surface area contributed by atoms with Crippen LogP contribution in [0.25, 0.3) is 0 Å². The zero-order chi connectivity index (χ0) is 12.7. The van der Waals surface area contributed by atoms with Crippen molar-refractivity contribution in [3.8, 4) is 0 Å². The minimum Gasteiger partial charge on any atom is -0.350 e. The van der Waals surface area contributed by atoms with Gasteiger partial charge in [-0.15, -0.1) is 0 Å². The second-order valence-corrected chi connectivity index (χ2v) is 5.30. The quantitative estimate of drug-likeness (QED) is 0.745. The topological polar surface area (TPSA) is 32.3 Å². The summed E-state index contributed by atoms with van der Waals surface area (Å²) >= 11 is 0. The molecule has 0 spiro atoms. The molecule has 0 aromatic rings. The third-order valence-electron chi connectivity index (χ3n) is 3.51. The maximum atomic E-state index is 11.6. The summed E-state index contributed by atoms with van der Waals surface area (Å²) in [7, 11) is 3.99. The number of nitrogens with zero attached hydrogens (tertiary/aromatic N) is 1. The van der Waals surface area contributed by atoms with Crippen molar-refractivity contribution < 1.29 is 4.79 Å². The van der Waals surface area contributed by atoms with Crippen LogP contribution in [-0.2, 0) is 4.79 Å². The van der Waals surface area contributed by atoms with Crippen molar-refractivity contribution >= 4 is 5.91 Å². The Morgan fingerprint density at radius 3 is 2.47 bits per heavy atom. The van der Waals surface area contributed by atoms with Crippen LogP contribution in [0.4, 0.5) is 0 Å². The second-order valence-electron chi connectivity index (χ2n) is 5.30. The molecule has 1 aliphatic rings. The van der Waals surface area contributed by atoms with Crippen molar-refractivity contribution in [2.24, 2.45) is 5.92 Å². The molecule has 0 aromatic heterocycles. The molecule has 0 radical (unpaired) electrons. The zero-order valence-corrected chi connectivity index (χ0v) is 11.4. The fourth-order valence-corrected chi connectivity index (χ4v) is 2.33. The highest BCUT2D eigenvalue weighted by atomic mass is 16.1. The van der Waals surface area contributed by atoms with E-state index < -0.39 is 0 Å². The average Bonchev–Trinajstić information content (AvgIpc) is 2.29. The molecule has 1 rings (SSSR count). The fourth-order valence-electron chi connectivity index (χ4n) is 2.33. The molecule has 0 heterocycles. The van der Waals surface area contributed by atoms with Crippen LogP contribution in [0.2, 0.25) is 0 Å². The second kappa shape index (κ2) is 7.49. The van der Waals surface area contributed by atoms with Gasteiger partial charge in [-0.1, -0.05) is 19.4 Å². The molecule has 1 amide bonds. The molecule has 3 heteroatoms. The molecular formula is C14H26N2O. The van der Waals surface area contributed by atoms with E-state index in [9.17, 15) is 4.79 Å². The summed E-state index contributed by atoms with van der Waals surface area (Å²) in [6, 6.07) is 0.398. The lowest BCUT2D eigenvalue weighted by Gasteiger charge is -2.28. The molecule has 0 aromatic carbocycles. The number of likely N-dealkylation sites (N-methyl/N-ethyl adjacent to an activating group) is 1. The first kappa shape index (κ1) is 14.2. The van der Waals surface area contributed by atoms with Gasteiger partial charge in [0.05, 0.1) is 0 Å². The molecule has 0 atom stereocenters. The summed E-state index contributed by atoms with van der Waals surface area (Å²) < 4.78 is 0. The van der Waals surface area contributed by atoms with E-state index >= 15 is 0 Å². The van der Waals surface area contributed by atoms with Crippen molar-refractivity contribution in [3.63, 3.8) is 0 Å². The van der Waals surface area contributed by atoms with Crippen LogP contribution in [0.15, 0.2) is 12.2 Å². The van der Waals surface area contributed by atoms with E-state index in [0.29, 0.717) is 6.04 Å². The summed E-state index contributed by atoms with van der Waals surface area (Å²) in [6.45, 7) is 3.07. The highest BCUT2D eigenvalue weighted by Gasteiger charge is 2.20. The van der Waals surface area contributed by atoms with Crippen molar-refractivity contribution in [1.29, 1.82) is 0 Å². The normalized spacial score (nSPS) is 25.4. The summed E-state index contributed by atoms with van der Waals surface area (Å²) in [5.74, 6) is 0.944. The van der Waals surface area contributed by atoms with E-state index in [1.165, 1.54) is 19.3 Å². The zero-order valence-electron chi connectivity index (χ0n) is 11.4. The summed E-state index contributed by atoms with van der Waals surface area (Å²) in [5, 5.41) is 3.09. The third kappa shape index (κ3) is 5.87. The third-order valence-corrected chi connectivity index (χ3v) is 3.51. The first-order valence-electron chi connectivity index (χ1n) is 6.73. The number of carbonyl (C=O) groups is 1. The van der Waals surface area contributed by atoms with Gasteiger partial charge in [0.15, 0.2) is 0 Å². The summed E-state index contributed by atoms with van der Waals surface area (Å²) in [6.07, 6.45) is 9.67. The summed E-state index contributed by atoms with van der Waals surface area (Å²) in [4.78, 5) is 13.7. The molecule has 0 saturated heterocycles. The Bertz CT molecular complexity index is 253. The maximum Gasteiger partial charge on any atom is 0.243 e. The van der Waals surface area contributed by atoms with E-state index in [1.54, 1.807) is 6.08 Å². The number of hydrogen-bond acceptors (Lipinski definition) is 2. The van der Waals surface area contributed by atoms with Gasteiger partial charge in [-0.3, -0.25) is 4.79 Å². The van der Waals surface area contributed by atoms with Gasteiger partial charge in [0, 0.05) is 18.7 Å². The van der Waals surface area contributed by atoms with Crippen LogP contribution < -0.4 is 5.32 Å². The van der Waals surface area contributed by atoms with E-state index in [2.05, 4.69) is 12.2 Å². The van der Waals surface area contributed by atoms with Gasteiger partial charge in [0.25, 0.3) is 0 Å². The van der Waals surface area contributed by atoms with Crippen molar-refractivity contribution in [2.75, 3.05) is 20.6 Å². The predicted molar refractivity (Wildman–Crippen MR) is 71.9 cm³/mol. The van der Waals surface area contributed by atoms with Gasteiger partial charge < -0.3 is 10.2 Å². The van der Waals surface area contributed by atoms with Gasteiger partial charge in [0.1, 0.15) is 0 Å². The van der Waals surface area contributed by atoms with Gasteiger partial charge in [-0.05, 0) is 45.7 Å². The van der Waals surface area contributed by atoms with E-state index in [1.807, 2.05) is 25.1 Å². The Balaban J connectivity index is 2.21. The Morgan fingerprint density at radius 2 is 1.94 bits per heavy atom. The maximum absolute atomic E-state index is 11.6. The first-order valence-corrected chi connectivity index (χ1v) is 6.73. The van der Waals surface area contributed by atoms with Crippen LogP contribution in [0.5, 0.6) is 0 Å². The largest absolute Gasteiger partial charge is 0.350 e. The number of hydrogen-bond donors (Lipinski definition) is 1. The molecule has 3 nitrogen and oxygen atoms in total. The van der Waals surface area contributed by atoms with Crippen LogP contribution >= 0.6 is 0 Å². The minimum atomic E-state index is 0.0619. The monoisotopic (exact) mass is 238 g/mol. The fraction of sp³-hybridized carbons (Fsp3) is 0.786. The minimum absolute atomic E-state index is 0.0619. The van der Waals surface area contributed by atoms with Crippen LogP contribution in [-0.4, -0.2) is 37.5 Å². The van der Waals surface area contributed by atoms with Crippen molar-refractivity contribution in [1.82, 2.24) is 10.2 Å². The number of nitrogens with one attached hydrogen (secondary N) is 1. The molecule has 98 valence electrons. The van der Waals surface area contributed by atoms with Crippen molar-refractivity contribution in [3.05, 3.63) is 12.2 Å². The molecule has 0 bridgehead atoms. The van der Waals surface area contributed by atoms with Gasteiger partial charge in [-0.2, -0.15) is 0 Å².